The molecule has 1 aliphatic rings. The number of aliphatic imine (C=N–C) groups is 1. The van der Waals surface area contributed by atoms with E-state index in [0.29, 0.717) is 30.2 Å². The van der Waals surface area contributed by atoms with E-state index in [1.807, 2.05) is 19.1 Å². The van der Waals surface area contributed by atoms with Crippen molar-refractivity contribution in [3.05, 3.63) is 34.9 Å². The molecule has 0 aliphatic carbocycles. The highest BCUT2D eigenvalue weighted by Gasteiger charge is 2.41. The van der Waals surface area contributed by atoms with Crippen molar-refractivity contribution in [3.63, 3.8) is 0 Å². The number of halogens is 1. The largest absolute Gasteiger partial charge is 0.330 e. The topological polar surface area (TPSA) is 67.5 Å². The molecule has 0 aromatic heterocycles. The molecule has 0 radical (unpaired) electrons. The molecule has 0 bridgehead atoms. The first-order valence-corrected chi connectivity index (χ1v) is 6.36. The summed E-state index contributed by atoms with van der Waals surface area (Å²) in [6.45, 7) is 2.38. The van der Waals surface area contributed by atoms with Gasteiger partial charge >= 0.3 is 0 Å². The average Bonchev–Trinajstić information content (AvgIpc) is 2.68. The molecule has 5 heteroatoms. The Morgan fingerprint density at radius 3 is 2.89 bits per heavy atom. The molecule has 1 heterocycles. The number of carbonyl (C=O) groups is 1. The van der Waals surface area contributed by atoms with Crippen LogP contribution >= 0.6 is 11.6 Å². The summed E-state index contributed by atoms with van der Waals surface area (Å²) < 4.78 is 0. The van der Waals surface area contributed by atoms with Crippen LogP contribution in [-0.2, 0) is 4.79 Å². The molecule has 0 saturated heterocycles. The van der Waals surface area contributed by atoms with Gasteiger partial charge in [-0.1, -0.05) is 30.7 Å². The van der Waals surface area contributed by atoms with Crippen molar-refractivity contribution in [2.75, 3.05) is 6.54 Å². The highest BCUT2D eigenvalue weighted by molar-refractivity contribution is 6.31. The number of rotatable bonds is 4. The molecule has 1 atom stereocenters. The molecule has 1 unspecified atom stereocenters. The lowest BCUT2D eigenvalue weighted by Crippen LogP contribution is -2.40. The van der Waals surface area contributed by atoms with Crippen molar-refractivity contribution in [1.82, 2.24) is 5.32 Å². The van der Waals surface area contributed by atoms with Crippen molar-refractivity contribution in [2.24, 2.45) is 10.7 Å². The summed E-state index contributed by atoms with van der Waals surface area (Å²) in [6.07, 6.45) is 1.19. The summed E-state index contributed by atoms with van der Waals surface area (Å²) in [7, 11) is 0. The Bertz CT molecular complexity index is 501. The average molecular weight is 266 g/mol. The zero-order valence-electron chi connectivity index (χ0n) is 10.2. The van der Waals surface area contributed by atoms with Gasteiger partial charge in [-0.2, -0.15) is 0 Å². The highest BCUT2D eigenvalue weighted by Crippen LogP contribution is 2.26. The second-order valence-corrected chi connectivity index (χ2v) is 4.79. The van der Waals surface area contributed by atoms with Gasteiger partial charge in [-0.15, -0.1) is 0 Å². The van der Waals surface area contributed by atoms with Gasteiger partial charge in [-0.25, -0.2) is 0 Å². The lowest BCUT2D eigenvalue weighted by atomic mass is 9.93. The van der Waals surface area contributed by atoms with Crippen molar-refractivity contribution < 1.29 is 4.79 Å². The molecule has 3 N–H and O–H groups in total. The molecule has 0 fully saturated rings. The maximum absolute atomic E-state index is 12.1. The standard InChI is InChI=1S/C13H16ClN3O/c1-2-13(6-7-15)12(18)16-11(17-13)9-4-3-5-10(14)8-9/h3-5,8H,2,6-7,15H2,1H3,(H,16,17,18). The Balaban J connectivity index is 2.36. The first-order valence-electron chi connectivity index (χ1n) is 5.98. The number of nitrogens with zero attached hydrogens (tertiary/aromatic N) is 1. The van der Waals surface area contributed by atoms with E-state index in [1.165, 1.54) is 0 Å². The lowest BCUT2D eigenvalue weighted by molar-refractivity contribution is -0.124. The summed E-state index contributed by atoms with van der Waals surface area (Å²) in [5, 5.41) is 3.44. The fourth-order valence-electron chi connectivity index (χ4n) is 2.11. The Morgan fingerprint density at radius 2 is 2.28 bits per heavy atom. The minimum atomic E-state index is -0.716. The number of nitrogens with one attached hydrogen (secondary N) is 1. The molecule has 2 rings (SSSR count). The number of benzene rings is 1. The zero-order chi connectivity index (χ0) is 13.2. The van der Waals surface area contributed by atoms with Crippen LogP contribution in [-0.4, -0.2) is 23.8 Å². The van der Waals surface area contributed by atoms with Crippen LogP contribution in [0.4, 0.5) is 0 Å². The molecule has 1 aliphatic heterocycles. The van der Waals surface area contributed by atoms with E-state index in [2.05, 4.69) is 10.3 Å². The molecule has 1 aromatic rings. The molecule has 0 saturated carbocycles. The van der Waals surface area contributed by atoms with Crippen LogP contribution < -0.4 is 11.1 Å². The van der Waals surface area contributed by atoms with Gasteiger partial charge in [0, 0.05) is 10.6 Å². The summed E-state index contributed by atoms with van der Waals surface area (Å²) in [4.78, 5) is 16.6. The Morgan fingerprint density at radius 1 is 1.50 bits per heavy atom. The van der Waals surface area contributed by atoms with Gasteiger partial charge in [0.25, 0.3) is 5.91 Å². The quantitative estimate of drug-likeness (QED) is 0.870. The number of carbonyl (C=O) groups excluding carboxylic acids is 1. The Labute approximate surface area is 111 Å². The van der Waals surface area contributed by atoms with Gasteiger partial charge in [0.1, 0.15) is 11.4 Å². The minimum Gasteiger partial charge on any atom is -0.330 e. The second-order valence-electron chi connectivity index (χ2n) is 4.35. The van der Waals surface area contributed by atoms with Crippen LogP contribution in [0.5, 0.6) is 0 Å². The van der Waals surface area contributed by atoms with Gasteiger partial charge in [0.05, 0.1) is 0 Å². The van der Waals surface area contributed by atoms with Crippen molar-refractivity contribution >= 4 is 23.3 Å². The predicted molar refractivity (Wildman–Crippen MR) is 72.8 cm³/mol. The van der Waals surface area contributed by atoms with E-state index in [0.717, 1.165) is 5.56 Å². The molecule has 18 heavy (non-hydrogen) atoms. The van der Waals surface area contributed by atoms with Gasteiger partial charge < -0.3 is 11.1 Å². The van der Waals surface area contributed by atoms with Crippen LogP contribution in [0, 0.1) is 0 Å². The summed E-state index contributed by atoms with van der Waals surface area (Å²) in [5.41, 5.74) is 5.68. The monoisotopic (exact) mass is 265 g/mol. The molecule has 0 spiro atoms. The third-order valence-electron chi connectivity index (χ3n) is 3.22. The van der Waals surface area contributed by atoms with Gasteiger partial charge in [0.2, 0.25) is 0 Å². The van der Waals surface area contributed by atoms with E-state index in [-0.39, 0.29) is 5.91 Å². The third-order valence-corrected chi connectivity index (χ3v) is 3.46. The fraction of sp³-hybridized carbons (Fsp3) is 0.385. The van der Waals surface area contributed by atoms with Gasteiger partial charge in [-0.3, -0.25) is 9.79 Å². The molecule has 1 amide bonds. The Hall–Kier alpha value is -1.39. The minimum absolute atomic E-state index is 0.0783. The number of hydrogen-bond acceptors (Lipinski definition) is 3. The van der Waals surface area contributed by atoms with Gasteiger partial charge in [-0.05, 0) is 31.5 Å². The normalized spacial score (nSPS) is 22.8. The van der Waals surface area contributed by atoms with E-state index < -0.39 is 5.54 Å². The fourth-order valence-corrected chi connectivity index (χ4v) is 2.30. The van der Waals surface area contributed by atoms with Crippen molar-refractivity contribution in [2.45, 2.75) is 25.3 Å². The summed E-state index contributed by atoms with van der Waals surface area (Å²) in [5.74, 6) is 0.503. The predicted octanol–water partition coefficient (Wildman–Crippen LogP) is 1.71. The summed E-state index contributed by atoms with van der Waals surface area (Å²) in [6, 6.07) is 7.28. The second kappa shape index (κ2) is 5.08. The van der Waals surface area contributed by atoms with Crippen LogP contribution in [0.15, 0.2) is 29.3 Å². The lowest BCUT2D eigenvalue weighted by Gasteiger charge is -2.19. The SMILES string of the molecule is CCC1(CCN)N=C(c2cccc(Cl)c2)NC1=O. The maximum Gasteiger partial charge on any atom is 0.253 e. The van der Waals surface area contributed by atoms with Crippen LogP contribution in [0.1, 0.15) is 25.3 Å². The van der Waals surface area contributed by atoms with Crippen molar-refractivity contribution in [3.8, 4) is 0 Å². The number of amidine groups is 1. The summed E-state index contributed by atoms with van der Waals surface area (Å²) >= 11 is 5.94. The molecular formula is C13H16ClN3O. The number of amides is 1. The zero-order valence-corrected chi connectivity index (χ0v) is 11.0. The van der Waals surface area contributed by atoms with Crippen LogP contribution in [0.25, 0.3) is 0 Å². The number of nitrogens with two attached hydrogens (primary N) is 1. The first-order chi connectivity index (χ1) is 8.61. The van der Waals surface area contributed by atoms with E-state index in [1.54, 1.807) is 12.1 Å². The Kier molecular flexibility index (Phi) is 3.68. The van der Waals surface area contributed by atoms with Crippen LogP contribution in [0.3, 0.4) is 0 Å². The maximum atomic E-state index is 12.1. The number of hydrogen-bond donors (Lipinski definition) is 2. The molecule has 1 aromatic carbocycles. The van der Waals surface area contributed by atoms with Crippen LogP contribution in [0.2, 0.25) is 5.02 Å². The van der Waals surface area contributed by atoms with E-state index in [9.17, 15) is 4.79 Å². The third kappa shape index (κ3) is 2.26. The highest BCUT2D eigenvalue weighted by atomic mass is 35.5. The first kappa shape index (κ1) is 13.1. The van der Waals surface area contributed by atoms with Crippen molar-refractivity contribution in [1.29, 1.82) is 0 Å². The molecular weight excluding hydrogens is 250 g/mol. The van der Waals surface area contributed by atoms with Gasteiger partial charge in [0.15, 0.2) is 0 Å². The van der Waals surface area contributed by atoms with E-state index >= 15 is 0 Å². The molecule has 4 nitrogen and oxygen atoms in total. The van der Waals surface area contributed by atoms with E-state index in [4.69, 9.17) is 17.3 Å². The smallest absolute Gasteiger partial charge is 0.253 e. The molecule has 96 valence electrons.